The first-order chi connectivity index (χ1) is 8.63. The highest BCUT2D eigenvalue weighted by Crippen LogP contribution is 2.38. The molecule has 2 rings (SSSR count). The second-order valence-corrected chi connectivity index (χ2v) is 7.16. The molecule has 3 atom stereocenters. The fourth-order valence-electron chi connectivity index (χ4n) is 2.98. The molecule has 0 aromatic heterocycles. The van der Waals surface area contributed by atoms with Gasteiger partial charge in [0.15, 0.2) is 0 Å². The Hall–Kier alpha value is -0.240. The lowest BCUT2D eigenvalue weighted by Crippen LogP contribution is -2.45. The predicted molar refractivity (Wildman–Crippen MR) is 75.7 cm³/mol. The van der Waals surface area contributed by atoms with Crippen LogP contribution in [-0.4, -0.2) is 35.3 Å². The summed E-state index contributed by atoms with van der Waals surface area (Å²) in [6, 6.07) is 2.89. The van der Waals surface area contributed by atoms with Gasteiger partial charge in [0.1, 0.15) is 5.54 Å². The molecular formula is C14H24N2OS. The zero-order chi connectivity index (χ0) is 13.0. The van der Waals surface area contributed by atoms with Crippen molar-refractivity contribution in [2.75, 3.05) is 12.4 Å². The fourth-order valence-corrected chi connectivity index (χ4v) is 4.42. The molecule has 0 radical (unpaired) electrons. The van der Waals surface area contributed by atoms with Crippen LogP contribution in [0.5, 0.6) is 0 Å². The van der Waals surface area contributed by atoms with Crippen LogP contribution in [0.3, 0.4) is 0 Å². The molecule has 1 saturated carbocycles. The second-order valence-electron chi connectivity index (χ2n) is 5.83. The smallest absolute Gasteiger partial charge is 0.108 e. The van der Waals surface area contributed by atoms with Gasteiger partial charge in [-0.3, -0.25) is 5.32 Å². The molecule has 1 aliphatic carbocycles. The summed E-state index contributed by atoms with van der Waals surface area (Å²) in [5, 5.41) is 13.5. The van der Waals surface area contributed by atoms with Crippen molar-refractivity contribution in [3.05, 3.63) is 0 Å². The van der Waals surface area contributed by atoms with Crippen LogP contribution in [-0.2, 0) is 4.74 Å². The van der Waals surface area contributed by atoms with Gasteiger partial charge in [0, 0.05) is 23.7 Å². The largest absolute Gasteiger partial charge is 0.377 e. The van der Waals surface area contributed by atoms with Crippen molar-refractivity contribution in [3.8, 4) is 6.07 Å². The van der Waals surface area contributed by atoms with Gasteiger partial charge in [-0.05, 0) is 46.0 Å². The van der Waals surface area contributed by atoms with Crippen LogP contribution in [0, 0.1) is 11.3 Å². The number of thioether (sulfide) groups is 1. The van der Waals surface area contributed by atoms with Crippen molar-refractivity contribution in [2.45, 2.75) is 68.9 Å². The Morgan fingerprint density at radius 3 is 2.94 bits per heavy atom. The number of nitriles is 1. The Morgan fingerprint density at radius 2 is 2.33 bits per heavy atom. The normalized spacial score (nSPS) is 36.1. The van der Waals surface area contributed by atoms with Crippen molar-refractivity contribution in [2.24, 2.45) is 0 Å². The number of hydrogen-bond donors (Lipinski definition) is 1. The highest BCUT2D eigenvalue weighted by molar-refractivity contribution is 7.99. The van der Waals surface area contributed by atoms with Crippen LogP contribution in [0.25, 0.3) is 0 Å². The summed E-state index contributed by atoms with van der Waals surface area (Å²) >= 11 is 2.01. The number of nitrogens with zero attached hydrogens (tertiary/aromatic N) is 1. The van der Waals surface area contributed by atoms with Gasteiger partial charge >= 0.3 is 0 Å². The number of ether oxygens (including phenoxy) is 1. The Bertz CT molecular complexity index is 309. The van der Waals surface area contributed by atoms with Crippen molar-refractivity contribution < 1.29 is 4.74 Å². The van der Waals surface area contributed by atoms with E-state index >= 15 is 0 Å². The third kappa shape index (κ3) is 3.63. The third-order valence-electron chi connectivity index (χ3n) is 3.79. The molecule has 18 heavy (non-hydrogen) atoms. The summed E-state index contributed by atoms with van der Waals surface area (Å²) in [4.78, 5) is 0. The minimum Gasteiger partial charge on any atom is -0.377 e. The molecule has 0 spiro atoms. The molecule has 0 amide bonds. The van der Waals surface area contributed by atoms with Gasteiger partial charge < -0.3 is 4.74 Å². The van der Waals surface area contributed by atoms with E-state index < -0.39 is 0 Å². The van der Waals surface area contributed by atoms with E-state index in [0.717, 1.165) is 31.6 Å². The summed E-state index contributed by atoms with van der Waals surface area (Å²) in [5.74, 6) is 1.11. The Kier molecular flexibility index (Phi) is 4.94. The van der Waals surface area contributed by atoms with Gasteiger partial charge in [0.25, 0.3) is 0 Å². The van der Waals surface area contributed by atoms with Crippen LogP contribution < -0.4 is 5.32 Å². The topological polar surface area (TPSA) is 45.0 Å². The Labute approximate surface area is 115 Å². The van der Waals surface area contributed by atoms with E-state index in [-0.39, 0.29) is 5.54 Å². The molecule has 0 aromatic carbocycles. The molecule has 0 aromatic rings. The molecule has 1 heterocycles. The van der Waals surface area contributed by atoms with Crippen LogP contribution in [0.15, 0.2) is 0 Å². The van der Waals surface area contributed by atoms with E-state index in [0.29, 0.717) is 17.4 Å². The van der Waals surface area contributed by atoms with E-state index in [1.807, 2.05) is 11.8 Å². The van der Waals surface area contributed by atoms with E-state index in [1.165, 1.54) is 12.8 Å². The average molecular weight is 268 g/mol. The van der Waals surface area contributed by atoms with Crippen LogP contribution in [0.4, 0.5) is 0 Å². The standard InChI is InChI=1S/C14H24N2OS/c1-11(2)16-14(10-15)6-5-13(8-14)18-9-12-4-3-7-17-12/h11-13,16H,3-9H2,1-2H3. The molecule has 1 aliphatic heterocycles. The molecule has 4 heteroatoms. The summed E-state index contributed by atoms with van der Waals surface area (Å²) in [6.45, 7) is 5.17. The average Bonchev–Trinajstić information content (AvgIpc) is 2.95. The predicted octanol–water partition coefficient (Wildman–Crippen LogP) is 2.71. The van der Waals surface area contributed by atoms with Gasteiger partial charge in [-0.2, -0.15) is 17.0 Å². The Morgan fingerprint density at radius 1 is 1.50 bits per heavy atom. The first-order valence-corrected chi connectivity index (χ1v) is 8.10. The fraction of sp³-hybridized carbons (Fsp3) is 0.929. The molecule has 2 aliphatic rings. The van der Waals surface area contributed by atoms with Crippen molar-refractivity contribution in [1.29, 1.82) is 5.26 Å². The lowest BCUT2D eigenvalue weighted by molar-refractivity contribution is 0.129. The monoisotopic (exact) mass is 268 g/mol. The highest BCUT2D eigenvalue weighted by Gasteiger charge is 2.40. The van der Waals surface area contributed by atoms with Crippen molar-refractivity contribution in [3.63, 3.8) is 0 Å². The molecule has 1 saturated heterocycles. The molecule has 1 N–H and O–H groups in total. The maximum atomic E-state index is 9.42. The minimum atomic E-state index is -0.275. The van der Waals surface area contributed by atoms with Gasteiger partial charge in [-0.15, -0.1) is 0 Å². The highest BCUT2D eigenvalue weighted by atomic mass is 32.2. The zero-order valence-corrected chi connectivity index (χ0v) is 12.3. The van der Waals surface area contributed by atoms with E-state index in [2.05, 4.69) is 25.2 Å². The summed E-state index contributed by atoms with van der Waals surface area (Å²) in [5.41, 5.74) is -0.275. The number of rotatable bonds is 5. The zero-order valence-electron chi connectivity index (χ0n) is 11.4. The minimum absolute atomic E-state index is 0.275. The molecule has 2 fully saturated rings. The SMILES string of the molecule is CC(C)NC1(C#N)CCC(SCC2CCCO2)C1. The van der Waals surface area contributed by atoms with Gasteiger partial charge in [-0.25, -0.2) is 0 Å². The van der Waals surface area contributed by atoms with Crippen molar-refractivity contribution >= 4 is 11.8 Å². The van der Waals surface area contributed by atoms with Crippen LogP contribution in [0.1, 0.15) is 46.0 Å². The second kappa shape index (κ2) is 6.27. The quantitative estimate of drug-likeness (QED) is 0.832. The van der Waals surface area contributed by atoms with E-state index in [4.69, 9.17) is 4.74 Å². The number of nitrogens with one attached hydrogen (secondary N) is 1. The first kappa shape index (κ1) is 14.2. The van der Waals surface area contributed by atoms with Gasteiger partial charge in [0.2, 0.25) is 0 Å². The summed E-state index contributed by atoms with van der Waals surface area (Å²) < 4.78 is 5.65. The van der Waals surface area contributed by atoms with Crippen molar-refractivity contribution in [1.82, 2.24) is 5.32 Å². The lowest BCUT2D eigenvalue weighted by atomic mass is 9.99. The number of hydrogen-bond acceptors (Lipinski definition) is 4. The van der Waals surface area contributed by atoms with E-state index in [9.17, 15) is 5.26 Å². The van der Waals surface area contributed by atoms with Gasteiger partial charge in [0.05, 0.1) is 12.2 Å². The van der Waals surface area contributed by atoms with Crippen LogP contribution in [0.2, 0.25) is 0 Å². The van der Waals surface area contributed by atoms with Gasteiger partial charge in [-0.1, -0.05) is 0 Å². The molecule has 3 nitrogen and oxygen atoms in total. The summed E-state index contributed by atoms with van der Waals surface area (Å²) in [7, 11) is 0. The molecule has 0 bridgehead atoms. The molecular weight excluding hydrogens is 244 g/mol. The first-order valence-electron chi connectivity index (χ1n) is 7.06. The van der Waals surface area contributed by atoms with E-state index in [1.54, 1.807) is 0 Å². The lowest BCUT2D eigenvalue weighted by Gasteiger charge is -2.25. The molecule has 102 valence electrons. The maximum absolute atomic E-state index is 9.42. The molecule has 3 unspecified atom stereocenters. The Balaban J connectivity index is 1.77. The summed E-state index contributed by atoms with van der Waals surface area (Å²) in [6.07, 6.45) is 6.03. The third-order valence-corrected chi connectivity index (χ3v) is 5.23. The maximum Gasteiger partial charge on any atom is 0.108 e. The van der Waals surface area contributed by atoms with Crippen LogP contribution >= 0.6 is 11.8 Å².